The lowest BCUT2D eigenvalue weighted by Crippen LogP contribution is -2.64. The largest absolute Gasteiger partial charge is 0.444 e. The second-order valence-corrected chi connectivity index (χ2v) is 28.7. The fourth-order valence-corrected chi connectivity index (χ4v) is 12.8. The first kappa shape index (κ1) is 82.3. The molecule has 5 N–H and O–H groups in total. The maximum atomic E-state index is 15.4. The van der Waals surface area contributed by atoms with E-state index in [0.717, 1.165) is 4.90 Å². The molecule has 0 aliphatic carbocycles. The van der Waals surface area contributed by atoms with E-state index in [4.69, 9.17) is 9.47 Å². The van der Waals surface area contributed by atoms with Crippen molar-refractivity contribution in [2.45, 2.75) is 235 Å². The molecule has 540 valence electrons. The Morgan fingerprint density at radius 2 is 1.00 bits per heavy atom. The third kappa shape index (κ3) is 21.5. The standard InChI is InChI=1S/C68H118N12O15/c1-24-26-27-43(15)56(81)55-60(85)71-47(25-2)62(87)80-36-46(95-68(93)79-28-30-94-31-29-79)35-51(80)65(90)76(21)53(41(11)12)59(84)72-52(40(9)10)66(91)73(18)48(32-37(3)4)58(83)69-44(16)57(82)70-45(17)61(86)74(19)49(33-38(5)6)63(88)75(20)50(34-39(7)8)64(89)77(22)54(42(13)14)67(92)78(55)23/h24,26,37-56,81H,25,27-36H2,1-23H3,(H,69,83)(H,70,82)(H,71,85)(H,72,84)/b26-24+/t43-,44+,45-,46?,47+,48+,49+,50+,51-,52+,53+,54+,55+,56-/m1/s1. The molecule has 14 atom stereocenters. The fraction of sp³-hybridized carbons (Fsp3) is 0.794. The minimum absolute atomic E-state index is 0.0786. The van der Waals surface area contributed by atoms with Crippen molar-refractivity contribution in [1.82, 2.24) is 60.5 Å². The van der Waals surface area contributed by atoms with E-state index < -0.39 is 173 Å². The van der Waals surface area contributed by atoms with Gasteiger partial charge in [-0.05, 0) is 94.3 Å². The summed E-state index contributed by atoms with van der Waals surface area (Å²) in [6.07, 6.45) is 0.563. The van der Waals surface area contributed by atoms with Crippen molar-refractivity contribution < 1.29 is 72.1 Å². The van der Waals surface area contributed by atoms with E-state index in [-0.39, 0.29) is 89.1 Å². The number of hydrogen-bond acceptors (Lipinski definition) is 15. The van der Waals surface area contributed by atoms with Crippen LogP contribution in [0.1, 0.15) is 156 Å². The van der Waals surface area contributed by atoms with Gasteiger partial charge in [-0.3, -0.25) is 52.7 Å². The minimum Gasteiger partial charge on any atom is -0.444 e. The van der Waals surface area contributed by atoms with Crippen LogP contribution in [0, 0.1) is 41.4 Å². The third-order valence-corrected chi connectivity index (χ3v) is 18.5. The molecule has 3 saturated heterocycles. The number of fused-ring (bicyclic) bond motifs is 1. The van der Waals surface area contributed by atoms with Crippen molar-refractivity contribution in [2.75, 3.05) is 75.1 Å². The number of allylic oxidation sites excluding steroid dienone is 2. The van der Waals surface area contributed by atoms with Gasteiger partial charge in [0.2, 0.25) is 65.0 Å². The number of amides is 12. The summed E-state index contributed by atoms with van der Waals surface area (Å²) in [7, 11) is 8.44. The van der Waals surface area contributed by atoms with Gasteiger partial charge in [-0.2, -0.15) is 0 Å². The topological polar surface area (TPSA) is 318 Å². The third-order valence-electron chi connectivity index (χ3n) is 18.5. The second kappa shape index (κ2) is 37.0. The minimum atomic E-state index is -1.70. The molecule has 3 heterocycles. The number of aliphatic hydroxyl groups excluding tert-OH is 1. The Morgan fingerprint density at radius 1 is 0.537 bits per heavy atom. The lowest BCUT2D eigenvalue weighted by Gasteiger charge is -2.41. The van der Waals surface area contributed by atoms with Crippen molar-refractivity contribution in [1.29, 1.82) is 0 Å². The zero-order valence-electron chi connectivity index (χ0n) is 61.2. The van der Waals surface area contributed by atoms with Crippen molar-refractivity contribution >= 4 is 71.1 Å². The number of carbonyl (C=O) groups excluding carboxylic acids is 12. The summed E-state index contributed by atoms with van der Waals surface area (Å²) in [5.41, 5.74) is 0. The number of aliphatic hydroxyl groups is 1. The van der Waals surface area contributed by atoms with Crippen LogP contribution in [0.4, 0.5) is 4.79 Å². The molecule has 0 aromatic heterocycles. The molecule has 0 saturated carbocycles. The van der Waals surface area contributed by atoms with Crippen molar-refractivity contribution in [3.8, 4) is 0 Å². The quantitative estimate of drug-likeness (QED) is 0.147. The molecule has 27 nitrogen and oxygen atoms in total. The van der Waals surface area contributed by atoms with Gasteiger partial charge in [-0.25, -0.2) is 4.79 Å². The van der Waals surface area contributed by atoms with Gasteiger partial charge in [-0.15, -0.1) is 0 Å². The summed E-state index contributed by atoms with van der Waals surface area (Å²) in [5, 5.41) is 23.4. The molecule has 95 heavy (non-hydrogen) atoms. The fourth-order valence-electron chi connectivity index (χ4n) is 12.8. The van der Waals surface area contributed by atoms with Gasteiger partial charge >= 0.3 is 6.09 Å². The molecule has 3 fully saturated rings. The van der Waals surface area contributed by atoms with Crippen LogP contribution in [0.3, 0.4) is 0 Å². The first-order valence-electron chi connectivity index (χ1n) is 34.1. The molecule has 0 bridgehead atoms. The van der Waals surface area contributed by atoms with Crippen molar-refractivity contribution in [3.63, 3.8) is 0 Å². The van der Waals surface area contributed by atoms with E-state index in [9.17, 15) is 33.9 Å². The first-order chi connectivity index (χ1) is 44.2. The summed E-state index contributed by atoms with van der Waals surface area (Å²) >= 11 is 0. The van der Waals surface area contributed by atoms with Gasteiger partial charge in [0.1, 0.15) is 72.6 Å². The highest BCUT2D eigenvalue weighted by molar-refractivity contribution is 6.00. The van der Waals surface area contributed by atoms with Crippen LogP contribution in [0.5, 0.6) is 0 Å². The van der Waals surface area contributed by atoms with Crippen molar-refractivity contribution in [2.24, 2.45) is 41.4 Å². The Bertz CT molecular complexity index is 2700. The predicted molar refractivity (Wildman–Crippen MR) is 359 cm³/mol. The Hall–Kier alpha value is -6.90. The molecule has 3 aliphatic rings. The summed E-state index contributed by atoms with van der Waals surface area (Å²) < 4.78 is 11.4. The van der Waals surface area contributed by atoms with Gasteiger partial charge in [0.15, 0.2) is 0 Å². The van der Waals surface area contributed by atoms with Crippen LogP contribution in [0.25, 0.3) is 0 Å². The number of nitrogens with one attached hydrogen (secondary N) is 4. The number of morpholine rings is 1. The van der Waals surface area contributed by atoms with E-state index in [0.29, 0.717) is 0 Å². The lowest BCUT2D eigenvalue weighted by atomic mass is 9.91. The van der Waals surface area contributed by atoms with Gasteiger partial charge in [0.25, 0.3) is 0 Å². The van der Waals surface area contributed by atoms with Gasteiger partial charge < -0.3 is 75.0 Å². The maximum Gasteiger partial charge on any atom is 0.410 e. The summed E-state index contributed by atoms with van der Waals surface area (Å²) in [6, 6.07) is -14.4. The summed E-state index contributed by atoms with van der Waals surface area (Å²) in [4.78, 5) is 188. The van der Waals surface area contributed by atoms with Gasteiger partial charge in [-0.1, -0.05) is 109 Å². The summed E-state index contributed by atoms with van der Waals surface area (Å²) in [5.74, 6) is -11.0. The van der Waals surface area contributed by atoms with E-state index in [1.165, 1.54) is 90.4 Å². The Labute approximate surface area is 565 Å². The number of carbonyl (C=O) groups is 12. The second-order valence-electron chi connectivity index (χ2n) is 28.7. The maximum absolute atomic E-state index is 15.4. The molecule has 3 rings (SSSR count). The Balaban J connectivity index is 2.39. The van der Waals surface area contributed by atoms with Crippen LogP contribution >= 0.6 is 0 Å². The normalized spacial score (nSPS) is 28.4. The zero-order valence-corrected chi connectivity index (χ0v) is 61.2. The van der Waals surface area contributed by atoms with E-state index in [1.807, 2.05) is 41.5 Å². The van der Waals surface area contributed by atoms with Crippen LogP contribution < -0.4 is 21.3 Å². The highest BCUT2D eigenvalue weighted by Gasteiger charge is 2.50. The van der Waals surface area contributed by atoms with Crippen LogP contribution in [0.15, 0.2) is 12.2 Å². The van der Waals surface area contributed by atoms with Crippen LogP contribution in [-0.4, -0.2) is 269 Å². The smallest absolute Gasteiger partial charge is 0.410 e. The molecular weight excluding hydrogens is 1220 g/mol. The highest BCUT2D eigenvalue weighted by atomic mass is 16.6. The molecule has 1 unspecified atom stereocenters. The molecule has 0 aromatic rings. The Morgan fingerprint density at radius 3 is 1.49 bits per heavy atom. The number of ether oxygens (including phenoxy) is 2. The van der Waals surface area contributed by atoms with Crippen molar-refractivity contribution in [3.05, 3.63) is 12.2 Å². The number of likely N-dealkylation sites (N-methyl/N-ethyl adjacent to an activating group) is 6. The highest BCUT2D eigenvalue weighted by Crippen LogP contribution is 2.29. The molecule has 0 spiro atoms. The van der Waals surface area contributed by atoms with Crippen LogP contribution in [-0.2, 0) is 62.2 Å². The van der Waals surface area contributed by atoms with E-state index in [1.54, 1.807) is 74.5 Å². The molecule has 12 amide bonds. The molecular formula is C68H118N12O15. The number of rotatable bonds is 15. The predicted octanol–water partition coefficient (Wildman–Crippen LogP) is 2.86. The molecule has 0 aromatic carbocycles. The first-order valence-corrected chi connectivity index (χ1v) is 34.1. The monoisotopic (exact) mass is 1340 g/mol. The lowest BCUT2D eigenvalue weighted by molar-refractivity contribution is -0.157. The SMILES string of the molecule is C/C=C/C[C@@H](C)[C@@H](O)[C@H]1C(=O)N[C@@H](CC)C(=O)N2CC(OC(=O)N3CCOCC3)C[C@@H]2C(=O)N(C)[C@@H](C(C)C)C(=O)N[C@@H](C(C)C)C(=O)N(C)[C@@H](CC(C)C)C(=O)N[C@@H](C)C(=O)N[C@H](C)C(=O)N(C)[C@@H](CC(C)C)C(=O)N(C)[C@@H](CC(C)C)C(=O)N(C)[C@@H](C(C)C)C(=O)N1C. The molecule has 0 radical (unpaired) electrons. The molecule has 27 heteroatoms. The average molecular weight is 1340 g/mol. The van der Waals surface area contributed by atoms with E-state index in [2.05, 4.69) is 21.3 Å². The van der Waals surface area contributed by atoms with Gasteiger partial charge in [0, 0.05) is 61.8 Å². The van der Waals surface area contributed by atoms with Crippen LogP contribution in [0.2, 0.25) is 0 Å². The average Bonchev–Trinajstić information content (AvgIpc) is 1.78. The number of nitrogens with zero attached hydrogens (tertiary/aromatic N) is 8. The van der Waals surface area contributed by atoms with Gasteiger partial charge in [0.05, 0.1) is 25.9 Å². The van der Waals surface area contributed by atoms with E-state index >= 15 is 28.8 Å². The Kier molecular flexibility index (Phi) is 32.1. The molecule has 3 aliphatic heterocycles. The number of hydrogen-bond donors (Lipinski definition) is 5. The summed E-state index contributed by atoms with van der Waals surface area (Å²) in [6.45, 7) is 30.0. The zero-order chi connectivity index (χ0) is 72.5.